The zero-order valence-corrected chi connectivity index (χ0v) is 10.9. The van der Waals surface area contributed by atoms with Gasteiger partial charge in [-0.05, 0) is 45.3 Å². The SMILES string of the molecule is CCN(C(C)CC(=O)O)C1CCN2CCC1C2. The Morgan fingerprint density at radius 1 is 1.47 bits per heavy atom. The highest BCUT2D eigenvalue weighted by Gasteiger charge is 2.38. The van der Waals surface area contributed by atoms with Crippen molar-refractivity contribution in [3.8, 4) is 0 Å². The number of piperidine rings is 1. The molecule has 98 valence electrons. The van der Waals surface area contributed by atoms with Crippen LogP contribution in [0.5, 0.6) is 0 Å². The van der Waals surface area contributed by atoms with Gasteiger partial charge in [0.2, 0.25) is 0 Å². The topological polar surface area (TPSA) is 43.8 Å². The van der Waals surface area contributed by atoms with Crippen molar-refractivity contribution in [3.05, 3.63) is 0 Å². The van der Waals surface area contributed by atoms with Crippen LogP contribution in [0, 0.1) is 5.92 Å². The third kappa shape index (κ3) is 2.80. The normalized spacial score (nSPS) is 33.9. The third-order valence-corrected chi connectivity index (χ3v) is 4.42. The van der Waals surface area contributed by atoms with Crippen LogP contribution in [0.1, 0.15) is 33.1 Å². The Hall–Kier alpha value is -0.610. The number of nitrogens with zero attached hydrogens (tertiary/aromatic N) is 2. The second-order valence-electron chi connectivity index (χ2n) is 5.48. The van der Waals surface area contributed by atoms with Crippen molar-refractivity contribution in [1.82, 2.24) is 9.80 Å². The molecule has 2 saturated heterocycles. The highest BCUT2D eigenvalue weighted by Crippen LogP contribution is 2.31. The molecule has 4 atom stereocenters. The maximum atomic E-state index is 10.8. The van der Waals surface area contributed by atoms with Crippen molar-refractivity contribution in [1.29, 1.82) is 0 Å². The molecule has 2 rings (SSSR count). The number of fused-ring (bicyclic) bond motifs is 2. The third-order valence-electron chi connectivity index (χ3n) is 4.42. The standard InChI is InChI=1S/C13H24N2O2/c1-3-15(10(2)8-13(16)17)12-5-7-14-6-4-11(12)9-14/h10-12H,3-9H2,1-2H3,(H,16,17). The van der Waals surface area contributed by atoms with Gasteiger partial charge in [-0.2, -0.15) is 0 Å². The summed E-state index contributed by atoms with van der Waals surface area (Å²) in [5.74, 6) is 0.0831. The molecule has 2 aliphatic rings. The van der Waals surface area contributed by atoms with Crippen molar-refractivity contribution in [3.63, 3.8) is 0 Å². The summed E-state index contributed by atoms with van der Waals surface area (Å²) >= 11 is 0. The Morgan fingerprint density at radius 2 is 2.18 bits per heavy atom. The molecule has 0 aromatic heterocycles. The summed E-state index contributed by atoms with van der Waals surface area (Å²) in [6, 6.07) is 0.766. The van der Waals surface area contributed by atoms with E-state index in [1.165, 1.54) is 32.5 Å². The zero-order valence-electron chi connectivity index (χ0n) is 10.9. The summed E-state index contributed by atoms with van der Waals surface area (Å²) < 4.78 is 0. The lowest BCUT2D eigenvalue weighted by atomic mass is 9.91. The van der Waals surface area contributed by atoms with E-state index in [-0.39, 0.29) is 12.5 Å². The highest BCUT2D eigenvalue weighted by atomic mass is 16.4. The molecule has 1 N–H and O–H groups in total. The molecule has 2 aliphatic heterocycles. The summed E-state index contributed by atoms with van der Waals surface area (Å²) in [4.78, 5) is 15.8. The summed E-state index contributed by atoms with van der Waals surface area (Å²) in [6.07, 6.45) is 2.77. The molecule has 0 radical (unpaired) electrons. The first-order valence-electron chi connectivity index (χ1n) is 6.81. The van der Waals surface area contributed by atoms with Gasteiger partial charge in [-0.3, -0.25) is 9.69 Å². The Morgan fingerprint density at radius 3 is 2.82 bits per heavy atom. The quantitative estimate of drug-likeness (QED) is 0.786. The van der Waals surface area contributed by atoms with Crippen LogP contribution in [-0.4, -0.2) is 59.1 Å². The van der Waals surface area contributed by atoms with E-state index in [0.717, 1.165) is 12.5 Å². The van der Waals surface area contributed by atoms with Crippen LogP contribution >= 0.6 is 0 Å². The molecule has 0 aliphatic carbocycles. The van der Waals surface area contributed by atoms with E-state index in [1.54, 1.807) is 0 Å². The van der Waals surface area contributed by atoms with Crippen LogP contribution in [0.2, 0.25) is 0 Å². The fourth-order valence-electron chi connectivity index (χ4n) is 3.61. The van der Waals surface area contributed by atoms with Crippen LogP contribution in [0.4, 0.5) is 0 Å². The Kier molecular flexibility index (Phi) is 4.05. The largest absolute Gasteiger partial charge is 0.481 e. The fraction of sp³-hybridized carbons (Fsp3) is 0.923. The van der Waals surface area contributed by atoms with Crippen molar-refractivity contribution in [2.24, 2.45) is 5.92 Å². The van der Waals surface area contributed by atoms with Gasteiger partial charge in [-0.1, -0.05) is 6.92 Å². The maximum absolute atomic E-state index is 10.8. The van der Waals surface area contributed by atoms with Gasteiger partial charge in [0.25, 0.3) is 0 Å². The summed E-state index contributed by atoms with van der Waals surface area (Å²) in [5, 5.41) is 8.92. The van der Waals surface area contributed by atoms with Crippen molar-refractivity contribution in [2.75, 3.05) is 26.2 Å². The predicted octanol–water partition coefficient (Wildman–Crippen LogP) is 1.27. The van der Waals surface area contributed by atoms with E-state index < -0.39 is 5.97 Å². The predicted molar refractivity (Wildman–Crippen MR) is 67.0 cm³/mol. The smallest absolute Gasteiger partial charge is 0.304 e. The summed E-state index contributed by atoms with van der Waals surface area (Å²) in [5.41, 5.74) is 0. The van der Waals surface area contributed by atoms with Gasteiger partial charge in [0.05, 0.1) is 6.42 Å². The van der Waals surface area contributed by atoms with Gasteiger partial charge in [-0.15, -0.1) is 0 Å². The van der Waals surface area contributed by atoms with Gasteiger partial charge >= 0.3 is 5.97 Å². The first-order chi connectivity index (χ1) is 8.11. The second-order valence-corrected chi connectivity index (χ2v) is 5.48. The number of hydrogen-bond acceptors (Lipinski definition) is 3. The summed E-state index contributed by atoms with van der Waals surface area (Å²) in [6.45, 7) is 8.83. The molecule has 0 saturated carbocycles. The first kappa shape index (κ1) is 12.8. The molecule has 2 heterocycles. The van der Waals surface area contributed by atoms with Crippen molar-refractivity contribution >= 4 is 5.97 Å². The molecule has 4 heteroatoms. The molecular weight excluding hydrogens is 216 g/mol. The number of carboxylic acid groups (broad SMARTS) is 1. The van der Waals surface area contributed by atoms with Crippen LogP contribution in [-0.2, 0) is 4.79 Å². The van der Waals surface area contributed by atoms with E-state index >= 15 is 0 Å². The number of aliphatic carboxylic acids is 1. The minimum Gasteiger partial charge on any atom is -0.481 e. The lowest BCUT2D eigenvalue weighted by molar-refractivity contribution is -0.138. The Bertz CT molecular complexity index is 283. The highest BCUT2D eigenvalue weighted by molar-refractivity contribution is 5.67. The van der Waals surface area contributed by atoms with E-state index in [4.69, 9.17) is 5.11 Å². The van der Waals surface area contributed by atoms with E-state index in [2.05, 4.69) is 23.6 Å². The Labute approximate surface area is 104 Å². The number of hydrogen-bond donors (Lipinski definition) is 1. The van der Waals surface area contributed by atoms with Crippen molar-refractivity contribution in [2.45, 2.75) is 45.2 Å². The van der Waals surface area contributed by atoms with E-state index in [1.807, 2.05) is 0 Å². The molecule has 0 spiro atoms. The molecular formula is C13H24N2O2. The fourth-order valence-corrected chi connectivity index (χ4v) is 3.61. The lowest BCUT2D eigenvalue weighted by Gasteiger charge is -2.41. The number of rotatable bonds is 5. The minimum absolute atomic E-state index is 0.162. The van der Waals surface area contributed by atoms with Gasteiger partial charge in [0.1, 0.15) is 0 Å². The molecule has 17 heavy (non-hydrogen) atoms. The number of carboxylic acids is 1. The molecule has 2 fully saturated rings. The molecule has 4 unspecified atom stereocenters. The molecule has 0 amide bonds. The minimum atomic E-state index is -0.681. The number of carbonyl (C=O) groups is 1. The molecule has 4 nitrogen and oxygen atoms in total. The maximum Gasteiger partial charge on any atom is 0.304 e. The summed E-state index contributed by atoms with van der Waals surface area (Å²) in [7, 11) is 0. The average Bonchev–Trinajstić information content (AvgIpc) is 2.64. The monoisotopic (exact) mass is 240 g/mol. The van der Waals surface area contributed by atoms with Crippen LogP contribution < -0.4 is 0 Å². The molecule has 0 aromatic rings. The first-order valence-corrected chi connectivity index (χ1v) is 6.81. The van der Waals surface area contributed by atoms with Crippen molar-refractivity contribution < 1.29 is 9.90 Å². The van der Waals surface area contributed by atoms with E-state index in [0.29, 0.717) is 6.04 Å². The van der Waals surface area contributed by atoms with E-state index in [9.17, 15) is 4.79 Å². The van der Waals surface area contributed by atoms with Crippen LogP contribution in [0.3, 0.4) is 0 Å². The van der Waals surface area contributed by atoms with Gasteiger partial charge < -0.3 is 10.0 Å². The van der Waals surface area contributed by atoms with Gasteiger partial charge in [-0.25, -0.2) is 0 Å². The average molecular weight is 240 g/mol. The molecule has 0 aromatic carbocycles. The molecule has 2 bridgehead atoms. The zero-order chi connectivity index (χ0) is 12.4. The van der Waals surface area contributed by atoms with Crippen LogP contribution in [0.15, 0.2) is 0 Å². The van der Waals surface area contributed by atoms with Crippen LogP contribution in [0.25, 0.3) is 0 Å². The Balaban J connectivity index is 1.99. The van der Waals surface area contributed by atoms with Gasteiger partial charge in [0.15, 0.2) is 0 Å². The second kappa shape index (κ2) is 5.36. The van der Waals surface area contributed by atoms with Gasteiger partial charge in [0, 0.05) is 18.6 Å². The lowest BCUT2D eigenvalue weighted by Crippen LogP contribution is -2.50.